The first-order valence-corrected chi connectivity index (χ1v) is 10.6. The number of hydrogen-bond acceptors (Lipinski definition) is 6. The number of carbonyl (C=O) groups excluding carboxylic acids is 2. The van der Waals surface area contributed by atoms with Crippen LogP contribution in [0.3, 0.4) is 0 Å². The van der Waals surface area contributed by atoms with Crippen LogP contribution in [0.1, 0.15) is 29.2 Å². The van der Waals surface area contributed by atoms with E-state index in [9.17, 15) is 14.7 Å². The van der Waals surface area contributed by atoms with Crippen LogP contribution < -0.4 is 0 Å². The summed E-state index contributed by atoms with van der Waals surface area (Å²) in [4.78, 5) is 33.9. The number of likely N-dealkylation sites (tertiary alicyclic amines) is 1. The maximum absolute atomic E-state index is 13.0. The van der Waals surface area contributed by atoms with Crippen molar-refractivity contribution in [3.05, 3.63) is 71.1 Å². The Morgan fingerprint density at radius 2 is 1.74 bits per heavy atom. The van der Waals surface area contributed by atoms with Gasteiger partial charge in [-0.15, -0.1) is 0 Å². The highest BCUT2D eigenvalue weighted by molar-refractivity contribution is 6.46. The number of rotatable bonds is 6. The third-order valence-corrected chi connectivity index (χ3v) is 5.86. The van der Waals surface area contributed by atoms with Crippen molar-refractivity contribution < 1.29 is 19.4 Å². The Hall–Kier alpha value is -3.03. The number of Topliss-reactive ketones (excluding diaryl/α,β-unsaturated/α-hetero) is 1. The van der Waals surface area contributed by atoms with Gasteiger partial charge in [-0.1, -0.05) is 29.8 Å². The number of aromatic nitrogens is 1. The molecule has 2 aliphatic rings. The number of ether oxygens (including phenoxy) is 1. The summed E-state index contributed by atoms with van der Waals surface area (Å²) < 4.78 is 5.38. The van der Waals surface area contributed by atoms with E-state index in [0.29, 0.717) is 12.1 Å². The molecule has 162 valence electrons. The maximum atomic E-state index is 13.0. The van der Waals surface area contributed by atoms with E-state index in [1.165, 1.54) is 0 Å². The molecule has 2 fully saturated rings. The number of aliphatic hydroxyl groups is 1. The van der Waals surface area contributed by atoms with E-state index >= 15 is 0 Å². The maximum Gasteiger partial charge on any atom is 0.295 e. The fraction of sp³-hybridized carbons (Fsp3) is 0.375. The van der Waals surface area contributed by atoms with E-state index in [4.69, 9.17) is 4.74 Å². The molecule has 1 aromatic heterocycles. The Kier molecular flexibility index (Phi) is 6.44. The highest BCUT2D eigenvalue weighted by Crippen LogP contribution is 2.39. The van der Waals surface area contributed by atoms with E-state index in [2.05, 4.69) is 9.88 Å². The summed E-state index contributed by atoms with van der Waals surface area (Å²) in [6.07, 6.45) is 4.00. The van der Waals surface area contributed by atoms with Gasteiger partial charge >= 0.3 is 0 Å². The molecule has 7 heteroatoms. The van der Waals surface area contributed by atoms with Crippen molar-refractivity contribution >= 4 is 17.4 Å². The second kappa shape index (κ2) is 9.41. The lowest BCUT2D eigenvalue weighted by molar-refractivity contribution is -0.140. The topological polar surface area (TPSA) is 83.0 Å². The standard InChI is InChI=1S/C24H27N3O4/c1-17-3-5-19(6-4-17)22(28)20-21(18-7-9-25-10-8-18)27(24(30)23(20)29)12-2-11-26-13-15-31-16-14-26/h3-10,21,28H,2,11-16H2,1H3/b22-20+/t21-/m0/s1. The highest BCUT2D eigenvalue weighted by atomic mass is 16.5. The molecule has 2 aromatic rings. The third kappa shape index (κ3) is 4.52. The van der Waals surface area contributed by atoms with Crippen LogP contribution >= 0.6 is 0 Å². The number of aliphatic hydroxyl groups excluding tert-OH is 1. The third-order valence-electron chi connectivity index (χ3n) is 5.86. The van der Waals surface area contributed by atoms with Crippen LogP contribution in [-0.4, -0.2) is 71.0 Å². The summed E-state index contributed by atoms with van der Waals surface area (Å²) in [6, 6.07) is 10.2. The minimum absolute atomic E-state index is 0.131. The average molecular weight is 421 g/mol. The van der Waals surface area contributed by atoms with Crippen molar-refractivity contribution in [2.24, 2.45) is 0 Å². The molecule has 0 radical (unpaired) electrons. The Bertz CT molecular complexity index is 966. The van der Waals surface area contributed by atoms with Crippen molar-refractivity contribution in [1.82, 2.24) is 14.8 Å². The molecule has 1 N–H and O–H groups in total. The Morgan fingerprint density at radius 3 is 2.42 bits per heavy atom. The zero-order valence-electron chi connectivity index (χ0n) is 17.7. The van der Waals surface area contributed by atoms with E-state index < -0.39 is 17.7 Å². The minimum atomic E-state index is -0.647. The summed E-state index contributed by atoms with van der Waals surface area (Å²) in [6.45, 7) is 6.40. The molecule has 3 heterocycles. The Labute approximate surface area is 182 Å². The number of ketones is 1. The van der Waals surface area contributed by atoms with Crippen molar-refractivity contribution in [2.75, 3.05) is 39.4 Å². The van der Waals surface area contributed by atoms with Crippen LogP contribution in [-0.2, 0) is 14.3 Å². The van der Waals surface area contributed by atoms with Crippen molar-refractivity contribution in [1.29, 1.82) is 0 Å². The summed E-state index contributed by atoms with van der Waals surface area (Å²) in [5.74, 6) is -1.36. The van der Waals surface area contributed by atoms with Crippen LogP contribution in [0.4, 0.5) is 0 Å². The van der Waals surface area contributed by atoms with Crippen LogP contribution in [0.25, 0.3) is 5.76 Å². The molecule has 2 aliphatic heterocycles. The van der Waals surface area contributed by atoms with Crippen LogP contribution in [0.15, 0.2) is 54.4 Å². The zero-order chi connectivity index (χ0) is 21.8. The number of carbonyl (C=O) groups is 2. The fourth-order valence-corrected chi connectivity index (χ4v) is 4.16. The largest absolute Gasteiger partial charge is 0.507 e. The fourth-order valence-electron chi connectivity index (χ4n) is 4.16. The van der Waals surface area contributed by atoms with Crippen LogP contribution in [0.5, 0.6) is 0 Å². The molecule has 0 saturated carbocycles. The number of pyridine rings is 1. The molecular weight excluding hydrogens is 394 g/mol. The normalized spacial score (nSPS) is 21.6. The first-order chi connectivity index (χ1) is 15.1. The predicted molar refractivity (Wildman–Crippen MR) is 116 cm³/mol. The summed E-state index contributed by atoms with van der Waals surface area (Å²) in [5.41, 5.74) is 2.46. The Balaban J connectivity index is 1.64. The number of nitrogens with zero attached hydrogens (tertiary/aromatic N) is 3. The molecule has 1 atom stereocenters. The minimum Gasteiger partial charge on any atom is -0.507 e. The van der Waals surface area contributed by atoms with Gasteiger partial charge in [0.1, 0.15) is 5.76 Å². The lowest BCUT2D eigenvalue weighted by atomic mass is 9.95. The monoisotopic (exact) mass is 421 g/mol. The molecule has 1 amide bonds. The van der Waals surface area contributed by atoms with Gasteiger partial charge in [-0.25, -0.2) is 0 Å². The molecule has 2 saturated heterocycles. The van der Waals surface area contributed by atoms with Gasteiger partial charge in [0.05, 0.1) is 24.8 Å². The van der Waals surface area contributed by atoms with Gasteiger partial charge in [0.25, 0.3) is 11.7 Å². The van der Waals surface area contributed by atoms with Gasteiger partial charge in [-0.2, -0.15) is 0 Å². The molecule has 31 heavy (non-hydrogen) atoms. The number of aryl methyl sites for hydroxylation is 1. The summed E-state index contributed by atoms with van der Waals surface area (Å²) >= 11 is 0. The Morgan fingerprint density at radius 1 is 1.06 bits per heavy atom. The first-order valence-electron chi connectivity index (χ1n) is 10.6. The number of benzene rings is 1. The second-order valence-corrected chi connectivity index (χ2v) is 7.95. The van der Waals surface area contributed by atoms with Gasteiger partial charge in [0.15, 0.2) is 0 Å². The molecule has 4 rings (SSSR count). The van der Waals surface area contributed by atoms with Gasteiger partial charge in [0.2, 0.25) is 0 Å². The first kappa shape index (κ1) is 21.2. The van der Waals surface area contributed by atoms with E-state index in [1.54, 1.807) is 41.6 Å². The number of morpholine rings is 1. The molecular formula is C24H27N3O4. The van der Waals surface area contributed by atoms with Gasteiger partial charge in [-0.3, -0.25) is 19.5 Å². The van der Waals surface area contributed by atoms with Crippen LogP contribution in [0, 0.1) is 6.92 Å². The molecule has 0 unspecified atom stereocenters. The summed E-state index contributed by atoms with van der Waals surface area (Å²) in [5, 5.41) is 11.0. The molecule has 0 aliphatic carbocycles. The van der Waals surface area contributed by atoms with Gasteiger partial charge in [0, 0.05) is 44.1 Å². The quantitative estimate of drug-likeness (QED) is 0.439. The van der Waals surface area contributed by atoms with E-state index in [-0.39, 0.29) is 11.3 Å². The predicted octanol–water partition coefficient (Wildman–Crippen LogP) is 2.53. The number of hydrogen-bond donors (Lipinski definition) is 1. The van der Waals surface area contributed by atoms with Crippen molar-refractivity contribution in [3.63, 3.8) is 0 Å². The molecule has 0 spiro atoms. The van der Waals surface area contributed by atoms with E-state index in [0.717, 1.165) is 50.4 Å². The summed E-state index contributed by atoms with van der Waals surface area (Å²) in [7, 11) is 0. The lowest BCUT2D eigenvalue weighted by Crippen LogP contribution is -2.38. The molecule has 0 bridgehead atoms. The lowest BCUT2D eigenvalue weighted by Gasteiger charge is -2.29. The SMILES string of the molecule is Cc1ccc(/C(O)=C2\C(=O)C(=O)N(CCCN3CCOCC3)[C@H]2c2ccncc2)cc1. The van der Waals surface area contributed by atoms with Crippen molar-refractivity contribution in [3.8, 4) is 0 Å². The number of amides is 1. The van der Waals surface area contributed by atoms with Gasteiger partial charge < -0.3 is 14.7 Å². The average Bonchev–Trinajstić information content (AvgIpc) is 3.05. The zero-order valence-corrected chi connectivity index (χ0v) is 17.7. The highest BCUT2D eigenvalue weighted by Gasteiger charge is 2.45. The smallest absolute Gasteiger partial charge is 0.295 e. The molecule has 1 aromatic carbocycles. The van der Waals surface area contributed by atoms with E-state index in [1.807, 2.05) is 19.1 Å². The van der Waals surface area contributed by atoms with Crippen molar-refractivity contribution in [2.45, 2.75) is 19.4 Å². The van der Waals surface area contributed by atoms with Gasteiger partial charge in [-0.05, 0) is 31.0 Å². The second-order valence-electron chi connectivity index (χ2n) is 7.95. The van der Waals surface area contributed by atoms with Crippen LogP contribution in [0.2, 0.25) is 0 Å². The molecule has 7 nitrogen and oxygen atoms in total.